The van der Waals surface area contributed by atoms with Crippen molar-refractivity contribution in [3.8, 4) is 0 Å². The molecule has 1 saturated heterocycles. The molecule has 2 amide bonds. The Morgan fingerprint density at radius 3 is 2.46 bits per heavy atom. The fourth-order valence-corrected chi connectivity index (χ4v) is 4.18. The summed E-state index contributed by atoms with van der Waals surface area (Å²) in [5.74, 6) is -2.41. The van der Waals surface area contributed by atoms with Crippen LogP contribution in [0.25, 0.3) is 0 Å². The van der Waals surface area contributed by atoms with Crippen LogP contribution in [0, 0.1) is 19.8 Å². The van der Waals surface area contributed by atoms with E-state index in [-0.39, 0.29) is 24.8 Å². The molecule has 2 aromatic carbocycles. The van der Waals surface area contributed by atoms with Gasteiger partial charge in [-0.3, -0.25) is 14.4 Å². The Hall–Kier alpha value is -3.15. The highest BCUT2D eigenvalue weighted by atomic mass is 16.4. The molecule has 2 aliphatic rings. The molecule has 28 heavy (non-hydrogen) atoms. The number of aryl methyl sites for hydroxylation is 1. The highest BCUT2D eigenvalue weighted by molar-refractivity contribution is 6.06. The van der Waals surface area contributed by atoms with Gasteiger partial charge < -0.3 is 14.9 Å². The standard InChI is InChI=1S/C22H22N2O4/c1-13-6-5-9-18(14(13)2)23-11-15(10-20(23)25)21(26)24-12-17(22(27)28)16-7-3-4-8-19(16)24/h3-9,15,17H,10-12H2,1-2H3,(H,27,28). The van der Waals surface area contributed by atoms with Gasteiger partial charge in [-0.25, -0.2) is 0 Å². The summed E-state index contributed by atoms with van der Waals surface area (Å²) in [5, 5.41) is 9.51. The summed E-state index contributed by atoms with van der Waals surface area (Å²) in [4.78, 5) is 40.7. The van der Waals surface area contributed by atoms with Crippen LogP contribution in [0.4, 0.5) is 11.4 Å². The van der Waals surface area contributed by atoms with Crippen molar-refractivity contribution in [2.75, 3.05) is 22.9 Å². The third kappa shape index (κ3) is 2.85. The first kappa shape index (κ1) is 18.2. The van der Waals surface area contributed by atoms with Gasteiger partial charge in [0.05, 0.1) is 5.92 Å². The maximum Gasteiger partial charge on any atom is 0.312 e. The molecule has 0 aromatic heterocycles. The molecule has 0 radical (unpaired) electrons. The minimum Gasteiger partial charge on any atom is -0.481 e. The predicted octanol–water partition coefficient (Wildman–Crippen LogP) is 2.87. The Bertz CT molecular complexity index is 984. The zero-order valence-electron chi connectivity index (χ0n) is 15.9. The monoisotopic (exact) mass is 378 g/mol. The van der Waals surface area contributed by atoms with Gasteiger partial charge in [0.25, 0.3) is 0 Å². The lowest BCUT2D eigenvalue weighted by atomic mass is 10.0. The van der Waals surface area contributed by atoms with E-state index in [4.69, 9.17) is 0 Å². The van der Waals surface area contributed by atoms with E-state index in [9.17, 15) is 19.5 Å². The molecule has 144 valence electrons. The van der Waals surface area contributed by atoms with E-state index in [1.807, 2.05) is 32.0 Å². The van der Waals surface area contributed by atoms with Crippen LogP contribution in [-0.2, 0) is 14.4 Å². The maximum absolute atomic E-state index is 13.2. The molecule has 4 rings (SSSR count). The molecule has 6 heteroatoms. The van der Waals surface area contributed by atoms with Gasteiger partial charge in [-0.05, 0) is 42.7 Å². The molecule has 0 aliphatic carbocycles. The number of rotatable bonds is 3. The molecule has 0 bridgehead atoms. The van der Waals surface area contributed by atoms with Crippen molar-refractivity contribution in [3.63, 3.8) is 0 Å². The molecule has 0 saturated carbocycles. The summed E-state index contributed by atoms with van der Waals surface area (Å²) >= 11 is 0. The number of fused-ring (bicyclic) bond motifs is 1. The largest absolute Gasteiger partial charge is 0.481 e. The van der Waals surface area contributed by atoms with Crippen LogP contribution in [0.1, 0.15) is 29.0 Å². The fourth-order valence-electron chi connectivity index (χ4n) is 4.18. The summed E-state index contributed by atoms with van der Waals surface area (Å²) in [6.45, 7) is 4.40. The third-order valence-corrected chi connectivity index (χ3v) is 5.87. The second-order valence-electron chi connectivity index (χ2n) is 7.52. The molecule has 0 spiro atoms. The van der Waals surface area contributed by atoms with Crippen LogP contribution in [0.15, 0.2) is 42.5 Å². The SMILES string of the molecule is Cc1cccc(N2CC(C(=O)N3CC(C(=O)O)c4ccccc43)CC2=O)c1C. The number of carboxylic acids is 1. The zero-order valence-corrected chi connectivity index (χ0v) is 15.9. The topological polar surface area (TPSA) is 77.9 Å². The molecule has 2 atom stereocenters. The number of aliphatic carboxylic acids is 1. The Balaban J connectivity index is 1.59. The van der Waals surface area contributed by atoms with Crippen molar-refractivity contribution in [1.29, 1.82) is 0 Å². The number of amides is 2. The smallest absolute Gasteiger partial charge is 0.312 e. The molecule has 6 nitrogen and oxygen atoms in total. The summed E-state index contributed by atoms with van der Waals surface area (Å²) < 4.78 is 0. The number of anilines is 2. The second kappa shape index (κ2) is 6.78. The van der Waals surface area contributed by atoms with Crippen LogP contribution in [-0.4, -0.2) is 36.0 Å². The van der Waals surface area contributed by atoms with Gasteiger partial charge in [0, 0.05) is 30.9 Å². The minimum atomic E-state index is -0.942. The Labute approximate surface area is 163 Å². The van der Waals surface area contributed by atoms with E-state index in [1.54, 1.807) is 34.1 Å². The van der Waals surface area contributed by atoms with Crippen molar-refractivity contribution in [2.45, 2.75) is 26.2 Å². The van der Waals surface area contributed by atoms with Gasteiger partial charge in [0.15, 0.2) is 0 Å². The summed E-state index contributed by atoms with van der Waals surface area (Å²) in [6, 6.07) is 12.9. The fraction of sp³-hybridized carbons (Fsp3) is 0.318. The quantitative estimate of drug-likeness (QED) is 0.891. The molecule has 1 N–H and O–H groups in total. The van der Waals surface area contributed by atoms with Crippen molar-refractivity contribution in [3.05, 3.63) is 59.2 Å². The van der Waals surface area contributed by atoms with E-state index >= 15 is 0 Å². The van der Waals surface area contributed by atoms with Crippen molar-refractivity contribution in [2.24, 2.45) is 5.92 Å². The zero-order chi connectivity index (χ0) is 20.0. The van der Waals surface area contributed by atoms with E-state index in [2.05, 4.69) is 0 Å². The first-order chi connectivity index (χ1) is 13.4. The Morgan fingerprint density at radius 2 is 1.71 bits per heavy atom. The highest BCUT2D eigenvalue weighted by Gasteiger charge is 2.42. The van der Waals surface area contributed by atoms with Crippen molar-refractivity contribution >= 4 is 29.2 Å². The molecular weight excluding hydrogens is 356 g/mol. The summed E-state index contributed by atoms with van der Waals surface area (Å²) in [5.41, 5.74) is 4.25. The molecule has 2 aromatic rings. The Kier molecular flexibility index (Phi) is 4.41. The van der Waals surface area contributed by atoms with E-state index in [1.165, 1.54) is 0 Å². The number of nitrogens with zero attached hydrogens (tertiary/aromatic N) is 2. The van der Waals surface area contributed by atoms with E-state index in [0.29, 0.717) is 17.8 Å². The minimum absolute atomic E-state index is 0.0747. The molecule has 2 aliphatic heterocycles. The van der Waals surface area contributed by atoms with Crippen molar-refractivity contribution < 1.29 is 19.5 Å². The van der Waals surface area contributed by atoms with Crippen LogP contribution in [0.5, 0.6) is 0 Å². The third-order valence-electron chi connectivity index (χ3n) is 5.87. The van der Waals surface area contributed by atoms with E-state index < -0.39 is 17.8 Å². The molecule has 2 heterocycles. The van der Waals surface area contributed by atoms with Gasteiger partial charge in [-0.2, -0.15) is 0 Å². The maximum atomic E-state index is 13.2. The van der Waals surface area contributed by atoms with Crippen LogP contribution < -0.4 is 9.80 Å². The average molecular weight is 378 g/mol. The molecule has 2 unspecified atom stereocenters. The average Bonchev–Trinajstić information content (AvgIpc) is 3.25. The number of benzene rings is 2. The van der Waals surface area contributed by atoms with Crippen LogP contribution in [0.3, 0.4) is 0 Å². The molecular formula is C22H22N2O4. The number of carbonyl (C=O) groups is 3. The number of hydrogen-bond donors (Lipinski definition) is 1. The summed E-state index contributed by atoms with van der Waals surface area (Å²) in [6.07, 6.45) is 0.141. The Morgan fingerprint density at radius 1 is 1.00 bits per heavy atom. The number of hydrogen-bond acceptors (Lipinski definition) is 3. The van der Waals surface area contributed by atoms with Gasteiger partial charge in [-0.1, -0.05) is 30.3 Å². The lowest BCUT2D eigenvalue weighted by Crippen LogP contribution is -2.37. The van der Waals surface area contributed by atoms with Gasteiger partial charge in [-0.15, -0.1) is 0 Å². The summed E-state index contributed by atoms with van der Waals surface area (Å²) in [7, 11) is 0. The highest BCUT2D eigenvalue weighted by Crippen LogP contribution is 2.38. The van der Waals surface area contributed by atoms with Gasteiger partial charge in [0.2, 0.25) is 11.8 Å². The number of carboxylic acid groups (broad SMARTS) is 1. The van der Waals surface area contributed by atoms with Crippen LogP contribution >= 0.6 is 0 Å². The van der Waals surface area contributed by atoms with E-state index in [0.717, 1.165) is 16.8 Å². The first-order valence-electron chi connectivity index (χ1n) is 9.38. The normalized spacial score (nSPS) is 21.1. The second-order valence-corrected chi connectivity index (χ2v) is 7.52. The lowest BCUT2D eigenvalue weighted by Gasteiger charge is -2.23. The number of para-hydroxylation sites is 1. The lowest BCUT2D eigenvalue weighted by molar-refractivity contribution is -0.138. The van der Waals surface area contributed by atoms with Gasteiger partial charge >= 0.3 is 5.97 Å². The number of carbonyl (C=O) groups excluding carboxylic acids is 2. The van der Waals surface area contributed by atoms with Crippen LogP contribution in [0.2, 0.25) is 0 Å². The van der Waals surface area contributed by atoms with Gasteiger partial charge in [0.1, 0.15) is 5.92 Å². The predicted molar refractivity (Wildman–Crippen MR) is 106 cm³/mol. The first-order valence-corrected chi connectivity index (χ1v) is 9.38. The molecule has 1 fully saturated rings. The van der Waals surface area contributed by atoms with Crippen molar-refractivity contribution in [1.82, 2.24) is 0 Å².